The van der Waals surface area contributed by atoms with Crippen LogP contribution in [0.5, 0.6) is 0 Å². The zero-order valence-electron chi connectivity index (χ0n) is 4.63. The number of halogens is 1. The first-order valence-corrected chi connectivity index (χ1v) is 3.50. The van der Waals surface area contributed by atoms with Crippen LogP contribution in [0.15, 0.2) is 0 Å². The van der Waals surface area contributed by atoms with Gasteiger partial charge < -0.3 is 0 Å². The summed E-state index contributed by atoms with van der Waals surface area (Å²) >= 11 is 3.11. The van der Waals surface area contributed by atoms with Crippen molar-refractivity contribution >= 4 is 15.9 Å². The average molecular weight is 182 g/mol. The molecule has 0 radical (unpaired) electrons. The highest BCUT2D eigenvalue weighted by atomic mass is 79.9. The maximum Gasteiger partial charge on any atom is 0.211 e. The van der Waals surface area contributed by atoms with E-state index in [0.717, 1.165) is 0 Å². The first-order valence-electron chi connectivity index (χ1n) is 2.38. The van der Waals surface area contributed by atoms with Crippen molar-refractivity contribution in [3.63, 3.8) is 0 Å². The van der Waals surface area contributed by atoms with Gasteiger partial charge in [-0.3, -0.25) is 10.1 Å². The van der Waals surface area contributed by atoms with Crippen LogP contribution in [0.4, 0.5) is 0 Å². The standard InChI is InChI=1S/C4H8BrNO2/c1-4(2-3-5)6(7)8/h4H,2-3H2,1H3. The van der Waals surface area contributed by atoms with Crippen molar-refractivity contribution in [2.24, 2.45) is 0 Å². The molecule has 0 heterocycles. The minimum atomic E-state index is -0.408. The molecule has 48 valence electrons. The monoisotopic (exact) mass is 181 g/mol. The predicted octanol–water partition coefficient (Wildman–Crippen LogP) is 1.44. The zero-order chi connectivity index (χ0) is 6.57. The van der Waals surface area contributed by atoms with Crippen molar-refractivity contribution in [1.82, 2.24) is 0 Å². The number of nitrogens with zero attached hydrogens (tertiary/aromatic N) is 1. The van der Waals surface area contributed by atoms with Crippen LogP contribution >= 0.6 is 15.9 Å². The van der Waals surface area contributed by atoms with E-state index in [9.17, 15) is 10.1 Å². The topological polar surface area (TPSA) is 43.1 Å². The molecular weight excluding hydrogens is 174 g/mol. The molecule has 0 aromatic rings. The van der Waals surface area contributed by atoms with E-state index in [-0.39, 0.29) is 4.92 Å². The highest BCUT2D eigenvalue weighted by Crippen LogP contribution is 1.97. The van der Waals surface area contributed by atoms with E-state index in [4.69, 9.17) is 0 Å². The molecule has 0 aliphatic heterocycles. The molecular formula is C4H8BrNO2. The lowest BCUT2D eigenvalue weighted by Gasteiger charge is -1.97. The summed E-state index contributed by atoms with van der Waals surface area (Å²) in [6.45, 7) is 1.60. The Morgan fingerprint density at radius 2 is 2.38 bits per heavy atom. The van der Waals surface area contributed by atoms with E-state index in [1.165, 1.54) is 0 Å². The molecule has 0 aromatic carbocycles. The van der Waals surface area contributed by atoms with E-state index in [1.54, 1.807) is 6.92 Å². The highest BCUT2D eigenvalue weighted by Gasteiger charge is 2.09. The molecule has 0 saturated carbocycles. The summed E-state index contributed by atoms with van der Waals surface area (Å²) in [5.74, 6) is 0. The van der Waals surface area contributed by atoms with E-state index >= 15 is 0 Å². The molecule has 4 heteroatoms. The van der Waals surface area contributed by atoms with E-state index in [0.29, 0.717) is 11.8 Å². The van der Waals surface area contributed by atoms with Crippen LogP contribution in [-0.2, 0) is 0 Å². The molecule has 0 aliphatic carbocycles. The van der Waals surface area contributed by atoms with Gasteiger partial charge in [-0.15, -0.1) is 0 Å². The first kappa shape index (κ1) is 7.88. The van der Waals surface area contributed by atoms with Gasteiger partial charge in [-0.1, -0.05) is 15.9 Å². The molecule has 1 atom stereocenters. The maximum absolute atomic E-state index is 9.87. The largest absolute Gasteiger partial charge is 0.264 e. The van der Waals surface area contributed by atoms with Crippen LogP contribution < -0.4 is 0 Å². The Kier molecular flexibility index (Phi) is 3.77. The lowest BCUT2D eigenvalue weighted by Crippen LogP contribution is -2.14. The molecule has 8 heavy (non-hydrogen) atoms. The summed E-state index contributed by atoms with van der Waals surface area (Å²) in [6.07, 6.45) is 0.604. The molecule has 0 saturated heterocycles. The fraction of sp³-hybridized carbons (Fsp3) is 1.00. The smallest absolute Gasteiger partial charge is 0.211 e. The van der Waals surface area contributed by atoms with Gasteiger partial charge in [0.15, 0.2) is 0 Å². The van der Waals surface area contributed by atoms with Crippen molar-refractivity contribution in [3.8, 4) is 0 Å². The third-order valence-electron chi connectivity index (χ3n) is 0.887. The summed E-state index contributed by atoms with van der Waals surface area (Å²) in [5, 5.41) is 10.6. The minimum absolute atomic E-state index is 0.277. The molecule has 0 fully saturated rings. The number of hydrogen-bond acceptors (Lipinski definition) is 2. The predicted molar refractivity (Wildman–Crippen MR) is 34.9 cm³/mol. The van der Waals surface area contributed by atoms with Gasteiger partial charge in [0.2, 0.25) is 6.04 Å². The highest BCUT2D eigenvalue weighted by molar-refractivity contribution is 9.09. The minimum Gasteiger partial charge on any atom is -0.264 e. The second-order valence-corrected chi connectivity index (χ2v) is 2.41. The SMILES string of the molecule is CC(CCBr)[N+](=O)[O-]. The second-order valence-electron chi connectivity index (χ2n) is 1.61. The molecule has 0 spiro atoms. The van der Waals surface area contributed by atoms with Gasteiger partial charge in [0.1, 0.15) is 0 Å². The summed E-state index contributed by atoms with van der Waals surface area (Å²) in [7, 11) is 0. The van der Waals surface area contributed by atoms with Crippen molar-refractivity contribution in [3.05, 3.63) is 10.1 Å². The third-order valence-corrected chi connectivity index (χ3v) is 1.34. The van der Waals surface area contributed by atoms with Crippen molar-refractivity contribution in [2.75, 3.05) is 5.33 Å². The quantitative estimate of drug-likeness (QED) is 0.376. The van der Waals surface area contributed by atoms with E-state index in [1.807, 2.05) is 0 Å². The molecule has 1 unspecified atom stereocenters. The molecule has 0 aromatic heterocycles. The number of rotatable bonds is 3. The molecule has 0 N–H and O–H groups in total. The van der Waals surface area contributed by atoms with Crippen molar-refractivity contribution in [2.45, 2.75) is 19.4 Å². The molecule has 0 bridgehead atoms. The Morgan fingerprint density at radius 1 is 1.88 bits per heavy atom. The Bertz CT molecular complexity index is 86.1. The van der Waals surface area contributed by atoms with Crippen LogP contribution in [0.25, 0.3) is 0 Å². The summed E-state index contributed by atoms with van der Waals surface area (Å²) in [4.78, 5) is 9.60. The van der Waals surface area contributed by atoms with Gasteiger partial charge in [-0.25, -0.2) is 0 Å². The Morgan fingerprint density at radius 3 is 2.50 bits per heavy atom. The van der Waals surface area contributed by atoms with Crippen LogP contribution in [0.3, 0.4) is 0 Å². The fourth-order valence-corrected chi connectivity index (χ4v) is 0.926. The third kappa shape index (κ3) is 2.96. The van der Waals surface area contributed by atoms with Crippen LogP contribution in [-0.4, -0.2) is 16.3 Å². The van der Waals surface area contributed by atoms with E-state index < -0.39 is 6.04 Å². The number of nitro groups is 1. The van der Waals surface area contributed by atoms with Crippen molar-refractivity contribution in [1.29, 1.82) is 0 Å². The first-order chi connectivity index (χ1) is 3.68. The summed E-state index contributed by atoms with van der Waals surface area (Å²) < 4.78 is 0. The summed E-state index contributed by atoms with van der Waals surface area (Å²) in [6, 6.07) is -0.408. The van der Waals surface area contributed by atoms with Gasteiger partial charge in [0.25, 0.3) is 0 Å². The Balaban J connectivity index is 3.32. The lowest BCUT2D eigenvalue weighted by atomic mass is 10.3. The number of hydrogen-bond donors (Lipinski definition) is 0. The lowest BCUT2D eigenvalue weighted by molar-refractivity contribution is -0.518. The molecule has 0 rings (SSSR count). The molecule has 0 amide bonds. The average Bonchev–Trinajstić information content (AvgIpc) is 1.67. The van der Waals surface area contributed by atoms with Crippen LogP contribution in [0.2, 0.25) is 0 Å². The van der Waals surface area contributed by atoms with Crippen LogP contribution in [0, 0.1) is 10.1 Å². The van der Waals surface area contributed by atoms with Gasteiger partial charge in [-0.2, -0.15) is 0 Å². The number of alkyl halides is 1. The Labute approximate surface area is 56.4 Å². The van der Waals surface area contributed by atoms with Crippen LogP contribution in [0.1, 0.15) is 13.3 Å². The molecule has 0 aliphatic rings. The van der Waals surface area contributed by atoms with Crippen molar-refractivity contribution < 1.29 is 4.92 Å². The van der Waals surface area contributed by atoms with E-state index in [2.05, 4.69) is 15.9 Å². The molecule has 3 nitrogen and oxygen atoms in total. The fourth-order valence-electron chi connectivity index (χ4n) is 0.263. The summed E-state index contributed by atoms with van der Waals surface area (Å²) in [5.41, 5.74) is 0. The Hall–Kier alpha value is -0.120. The maximum atomic E-state index is 9.87. The zero-order valence-corrected chi connectivity index (χ0v) is 6.22. The normalized spacial score (nSPS) is 13.2. The van der Waals surface area contributed by atoms with Gasteiger partial charge in [-0.05, 0) is 0 Å². The van der Waals surface area contributed by atoms with Gasteiger partial charge in [0, 0.05) is 23.6 Å². The van der Waals surface area contributed by atoms with Gasteiger partial charge >= 0.3 is 0 Å². The second kappa shape index (κ2) is 3.83. The van der Waals surface area contributed by atoms with Gasteiger partial charge in [0.05, 0.1) is 0 Å².